The number of hydrogen-bond acceptors (Lipinski definition) is 4. The van der Waals surface area contributed by atoms with Gasteiger partial charge >= 0.3 is 0 Å². The van der Waals surface area contributed by atoms with Crippen LogP contribution in [0.4, 0.5) is 11.4 Å². The van der Waals surface area contributed by atoms with Gasteiger partial charge in [-0.05, 0) is 48.9 Å². The van der Waals surface area contributed by atoms with E-state index in [1.807, 2.05) is 6.92 Å². The van der Waals surface area contributed by atoms with Crippen molar-refractivity contribution in [2.24, 2.45) is 0 Å². The van der Waals surface area contributed by atoms with E-state index >= 15 is 0 Å². The zero-order valence-corrected chi connectivity index (χ0v) is 14.0. The molecule has 0 aliphatic rings. The third kappa shape index (κ3) is 3.48. The second-order valence-electron chi connectivity index (χ2n) is 4.48. The minimum Gasteiger partial charge on any atom is -0.495 e. The minimum absolute atomic E-state index is 0.00516. The molecule has 3 N–H and O–H groups in total. The van der Waals surface area contributed by atoms with Crippen LogP contribution in [0.1, 0.15) is 5.56 Å². The molecule has 0 amide bonds. The lowest BCUT2D eigenvalue weighted by Gasteiger charge is -2.13. The minimum atomic E-state index is -3.78. The van der Waals surface area contributed by atoms with Crippen molar-refractivity contribution in [2.75, 3.05) is 17.6 Å². The Labute approximate surface area is 132 Å². The number of nitrogens with two attached hydrogens (primary N) is 1. The molecule has 0 aliphatic heterocycles. The van der Waals surface area contributed by atoms with Crippen LogP contribution < -0.4 is 15.2 Å². The molecule has 0 fully saturated rings. The first-order chi connectivity index (χ1) is 9.83. The highest BCUT2D eigenvalue weighted by molar-refractivity contribution is 9.10. The summed E-state index contributed by atoms with van der Waals surface area (Å²) < 4.78 is 33.5. The predicted octanol–water partition coefficient (Wildman–Crippen LogP) is 3.15. The maximum absolute atomic E-state index is 12.5. The molecule has 2 aromatic carbocycles. The molecule has 0 atom stereocenters. The smallest absolute Gasteiger partial charge is 0.265 e. The number of nitrogens with one attached hydrogen (secondary N) is 1. The second kappa shape index (κ2) is 5.95. The fourth-order valence-electron chi connectivity index (χ4n) is 1.82. The van der Waals surface area contributed by atoms with Gasteiger partial charge in [-0.2, -0.15) is 0 Å². The number of halogens is 1. The molecule has 0 bridgehead atoms. The van der Waals surface area contributed by atoms with Gasteiger partial charge in [0.05, 0.1) is 7.11 Å². The molecular formula is C14H15BrN2O3S. The Morgan fingerprint density at radius 1 is 1.19 bits per heavy atom. The van der Waals surface area contributed by atoms with Crippen molar-refractivity contribution in [3.8, 4) is 5.75 Å². The SMILES string of the molecule is COc1ccc(N)cc1S(=O)(=O)Nc1ccc(Br)c(C)c1. The highest BCUT2D eigenvalue weighted by Crippen LogP contribution is 2.28. The first kappa shape index (κ1) is 15.7. The van der Waals surface area contributed by atoms with Crippen LogP contribution in [0.25, 0.3) is 0 Å². The van der Waals surface area contributed by atoms with Gasteiger partial charge in [0.15, 0.2) is 0 Å². The molecule has 0 saturated carbocycles. The lowest BCUT2D eigenvalue weighted by molar-refractivity contribution is 0.403. The van der Waals surface area contributed by atoms with Gasteiger partial charge in [0.25, 0.3) is 10.0 Å². The Balaban J connectivity index is 2.42. The summed E-state index contributed by atoms with van der Waals surface area (Å²) >= 11 is 3.37. The molecule has 0 spiro atoms. The molecule has 0 aromatic heterocycles. The van der Waals surface area contributed by atoms with Gasteiger partial charge in [0.2, 0.25) is 0 Å². The number of rotatable bonds is 4. The molecule has 0 unspecified atom stereocenters. The van der Waals surface area contributed by atoms with Gasteiger partial charge in [-0.1, -0.05) is 15.9 Å². The lowest BCUT2D eigenvalue weighted by Crippen LogP contribution is -2.14. The Kier molecular flexibility index (Phi) is 4.43. The summed E-state index contributed by atoms with van der Waals surface area (Å²) in [6.45, 7) is 1.88. The Morgan fingerprint density at radius 3 is 2.52 bits per heavy atom. The number of benzene rings is 2. The van der Waals surface area contributed by atoms with Crippen molar-refractivity contribution >= 4 is 37.3 Å². The summed E-state index contributed by atoms with van der Waals surface area (Å²) in [5.74, 6) is 0.241. The van der Waals surface area contributed by atoms with Crippen molar-refractivity contribution in [2.45, 2.75) is 11.8 Å². The van der Waals surface area contributed by atoms with E-state index < -0.39 is 10.0 Å². The number of hydrogen-bond donors (Lipinski definition) is 2. The molecule has 112 valence electrons. The van der Waals surface area contributed by atoms with Gasteiger partial charge in [-0.25, -0.2) is 8.42 Å². The van der Waals surface area contributed by atoms with Crippen LogP contribution in [0.5, 0.6) is 5.75 Å². The quantitative estimate of drug-likeness (QED) is 0.809. The maximum atomic E-state index is 12.5. The van der Waals surface area contributed by atoms with Gasteiger partial charge < -0.3 is 10.5 Å². The van der Waals surface area contributed by atoms with E-state index in [1.165, 1.54) is 19.2 Å². The van der Waals surface area contributed by atoms with Gasteiger partial charge in [0, 0.05) is 15.8 Å². The molecule has 0 saturated heterocycles. The summed E-state index contributed by atoms with van der Waals surface area (Å²) in [5.41, 5.74) is 7.41. The summed E-state index contributed by atoms with van der Waals surface area (Å²) in [6, 6.07) is 9.67. The van der Waals surface area contributed by atoms with Crippen LogP contribution in [-0.2, 0) is 10.0 Å². The van der Waals surface area contributed by atoms with E-state index in [2.05, 4.69) is 20.7 Å². The first-order valence-electron chi connectivity index (χ1n) is 6.06. The van der Waals surface area contributed by atoms with Crippen LogP contribution in [0.2, 0.25) is 0 Å². The lowest BCUT2D eigenvalue weighted by atomic mass is 10.2. The van der Waals surface area contributed by atoms with Crippen LogP contribution >= 0.6 is 15.9 Å². The average molecular weight is 371 g/mol. The van der Waals surface area contributed by atoms with Crippen LogP contribution in [-0.4, -0.2) is 15.5 Å². The number of methoxy groups -OCH3 is 1. The van der Waals surface area contributed by atoms with E-state index in [-0.39, 0.29) is 10.6 Å². The number of anilines is 2. The normalized spacial score (nSPS) is 11.2. The molecule has 5 nitrogen and oxygen atoms in total. The van der Waals surface area contributed by atoms with E-state index in [4.69, 9.17) is 10.5 Å². The molecule has 21 heavy (non-hydrogen) atoms. The second-order valence-corrected chi connectivity index (χ2v) is 6.98. The van der Waals surface area contributed by atoms with Crippen molar-refractivity contribution in [1.29, 1.82) is 0 Å². The summed E-state index contributed by atoms with van der Waals surface area (Å²) in [6.07, 6.45) is 0. The van der Waals surface area contributed by atoms with Gasteiger partial charge in [0.1, 0.15) is 10.6 Å². The van der Waals surface area contributed by atoms with Gasteiger partial charge in [-0.15, -0.1) is 0 Å². The molecular weight excluding hydrogens is 356 g/mol. The van der Waals surface area contributed by atoms with Crippen LogP contribution in [0.3, 0.4) is 0 Å². The van der Waals surface area contributed by atoms with E-state index in [9.17, 15) is 8.42 Å². The Bertz CT molecular complexity index is 776. The fraction of sp³-hybridized carbons (Fsp3) is 0.143. The fourth-order valence-corrected chi connectivity index (χ4v) is 3.32. The first-order valence-corrected chi connectivity index (χ1v) is 8.33. The van der Waals surface area contributed by atoms with Crippen LogP contribution in [0.15, 0.2) is 45.8 Å². The Hall–Kier alpha value is -1.73. The Morgan fingerprint density at radius 2 is 1.90 bits per heavy atom. The van der Waals surface area contributed by atoms with Crippen molar-refractivity contribution in [1.82, 2.24) is 0 Å². The number of nitrogen functional groups attached to an aromatic ring is 1. The summed E-state index contributed by atoms with van der Waals surface area (Å²) in [4.78, 5) is 0.00516. The molecule has 7 heteroatoms. The topological polar surface area (TPSA) is 81.4 Å². The standard InChI is InChI=1S/C14H15BrN2O3S/c1-9-7-11(4-5-12(9)15)17-21(18,19)14-8-10(16)3-6-13(14)20-2/h3-8,17H,16H2,1-2H3. The zero-order valence-electron chi connectivity index (χ0n) is 11.6. The third-order valence-electron chi connectivity index (χ3n) is 2.89. The van der Waals surface area contributed by atoms with E-state index in [0.717, 1.165) is 10.0 Å². The number of sulfonamides is 1. The van der Waals surface area contributed by atoms with E-state index in [1.54, 1.807) is 24.3 Å². The summed E-state index contributed by atoms with van der Waals surface area (Å²) in [5, 5.41) is 0. The van der Waals surface area contributed by atoms with Crippen molar-refractivity contribution < 1.29 is 13.2 Å². The molecule has 0 heterocycles. The average Bonchev–Trinajstić information content (AvgIpc) is 2.42. The zero-order chi connectivity index (χ0) is 15.6. The maximum Gasteiger partial charge on any atom is 0.265 e. The largest absolute Gasteiger partial charge is 0.495 e. The third-order valence-corrected chi connectivity index (χ3v) is 5.18. The molecule has 2 rings (SSSR count). The van der Waals surface area contributed by atoms with Crippen LogP contribution in [0, 0.1) is 6.92 Å². The number of aryl methyl sites for hydroxylation is 1. The highest BCUT2D eigenvalue weighted by atomic mass is 79.9. The molecule has 2 aromatic rings. The van der Waals surface area contributed by atoms with Crippen molar-refractivity contribution in [3.63, 3.8) is 0 Å². The molecule has 0 radical (unpaired) electrons. The summed E-state index contributed by atoms with van der Waals surface area (Å²) in [7, 11) is -2.37. The van der Waals surface area contributed by atoms with Gasteiger partial charge in [-0.3, -0.25) is 4.72 Å². The van der Waals surface area contributed by atoms with E-state index in [0.29, 0.717) is 11.4 Å². The highest BCUT2D eigenvalue weighted by Gasteiger charge is 2.20. The monoisotopic (exact) mass is 370 g/mol. The van der Waals surface area contributed by atoms with Crippen molar-refractivity contribution in [3.05, 3.63) is 46.4 Å². The molecule has 0 aliphatic carbocycles. The number of ether oxygens (including phenoxy) is 1. The predicted molar refractivity (Wildman–Crippen MR) is 87.1 cm³/mol.